The largest absolute Gasteiger partial charge is 0.369 e. The summed E-state index contributed by atoms with van der Waals surface area (Å²) in [5.41, 5.74) is 5.89. The molecule has 0 spiro atoms. The summed E-state index contributed by atoms with van der Waals surface area (Å²) in [6, 6.07) is 8.84. The van der Waals surface area contributed by atoms with E-state index in [0.29, 0.717) is 17.9 Å². The van der Waals surface area contributed by atoms with Crippen LogP contribution in [-0.2, 0) is 17.6 Å². The van der Waals surface area contributed by atoms with Crippen molar-refractivity contribution in [2.75, 3.05) is 42.9 Å². The molecule has 0 bridgehead atoms. The summed E-state index contributed by atoms with van der Waals surface area (Å²) in [6.45, 7) is 11.3. The second kappa shape index (κ2) is 9.42. The Balaban J connectivity index is 1.29. The van der Waals surface area contributed by atoms with Crippen LogP contribution in [0.15, 0.2) is 18.2 Å². The lowest BCUT2D eigenvalue weighted by atomic mass is 9.89. The van der Waals surface area contributed by atoms with Crippen LogP contribution in [0, 0.1) is 31.1 Å². The molecular weight excluding hydrogens is 404 g/mol. The lowest BCUT2D eigenvalue weighted by Crippen LogP contribution is -2.47. The van der Waals surface area contributed by atoms with Crippen molar-refractivity contribution < 1.29 is 4.79 Å². The molecule has 0 saturated carbocycles. The number of carbonyl (C=O) groups is 1. The summed E-state index contributed by atoms with van der Waals surface area (Å²) in [7, 11) is 0. The van der Waals surface area contributed by atoms with Gasteiger partial charge in [0.05, 0.1) is 5.56 Å². The van der Waals surface area contributed by atoms with Crippen molar-refractivity contribution in [2.45, 2.75) is 46.5 Å². The Morgan fingerprint density at radius 1 is 1.26 bits per heavy atom. The second-order valence-corrected chi connectivity index (χ2v) is 10.1. The highest BCUT2D eigenvalue weighted by Gasteiger charge is 2.25. The van der Waals surface area contributed by atoms with E-state index in [4.69, 9.17) is 0 Å². The van der Waals surface area contributed by atoms with E-state index in [9.17, 15) is 10.1 Å². The van der Waals surface area contributed by atoms with Crippen LogP contribution >= 0.6 is 11.3 Å². The topological polar surface area (TPSA) is 59.4 Å². The van der Waals surface area contributed by atoms with Gasteiger partial charge in [0.2, 0.25) is 5.91 Å². The highest BCUT2D eigenvalue weighted by Crippen LogP contribution is 2.39. The van der Waals surface area contributed by atoms with Crippen LogP contribution in [0.4, 0.5) is 10.7 Å². The van der Waals surface area contributed by atoms with Crippen LogP contribution < -0.4 is 10.2 Å². The van der Waals surface area contributed by atoms with Crippen LogP contribution in [0.2, 0.25) is 0 Å². The number of benzene rings is 1. The Kier molecular flexibility index (Phi) is 6.64. The molecule has 1 saturated heterocycles. The Morgan fingerprint density at radius 2 is 2.03 bits per heavy atom. The molecule has 1 amide bonds. The Bertz CT molecular complexity index is 998. The van der Waals surface area contributed by atoms with Crippen LogP contribution in [0.1, 0.15) is 46.9 Å². The molecule has 1 aliphatic heterocycles. The van der Waals surface area contributed by atoms with Gasteiger partial charge in [0.15, 0.2) is 0 Å². The zero-order valence-corrected chi connectivity index (χ0v) is 19.6. The van der Waals surface area contributed by atoms with Crippen molar-refractivity contribution in [3.8, 4) is 6.07 Å². The van der Waals surface area contributed by atoms with E-state index in [1.54, 1.807) is 11.3 Å². The number of rotatable bonds is 5. The van der Waals surface area contributed by atoms with Gasteiger partial charge in [0.25, 0.3) is 0 Å². The molecule has 1 aliphatic carbocycles. The molecule has 1 atom stereocenters. The molecule has 1 aromatic heterocycles. The van der Waals surface area contributed by atoms with Gasteiger partial charge in [-0.15, -0.1) is 11.3 Å². The smallest absolute Gasteiger partial charge is 0.226 e. The van der Waals surface area contributed by atoms with Crippen molar-refractivity contribution in [3.05, 3.63) is 45.3 Å². The molecule has 164 valence electrons. The maximum atomic E-state index is 12.6. The fourth-order valence-corrected chi connectivity index (χ4v) is 6.07. The highest BCUT2D eigenvalue weighted by molar-refractivity contribution is 7.16. The number of nitrogens with zero attached hydrogens (tertiary/aromatic N) is 3. The minimum Gasteiger partial charge on any atom is -0.369 e. The number of hydrogen-bond acceptors (Lipinski definition) is 5. The van der Waals surface area contributed by atoms with Gasteiger partial charge in [-0.05, 0) is 61.8 Å². The average molecular weight is 437 g/mol. The predicted octanol–water partition coefficient (Wildman–Crippen LogP) is 4.51. The minimum atomic E-state index is 0.0140. The maximum absolute atomic E-state index is 12.6. The number of anilines is 2. The number of hydrogen-bond donors (Lipinski definition) is 1. The van der Waals surface area contributed by atoms with E-state index in [1.165, 1.54) is 27.3 Å². The summed E-state index contributed by atoms with van der Waals surface area (Å²) >= 11 is 1.61. The van der Waals surface area contributed by atoms with Gasteiger partial charge in [0, 0.05) is 49.7 Å². The normalized spacial score (nSPS) is 19.0. The third-order valence-corrected chi connectivity index (χ3v) is 7.99. The third-order valence-electron chi connectivity index (χ3n) is 6.82. The predicted molar refractivity (Wildman–Crippen MR) is 128 cm³/mol. The second-order valence-electron chi connectivity index (χ2n) is 9.01. The van der Waals surface area contributed by atoms with Crippen molar-refractivity contribution >= 4 is 27.9 Å². The van der Waals surface area contributed by atoms with Crippen LogP contribution in [0.3, 0.4) is 0 Å². The van der Waals surface area contributed by atoms with Gasteiger partial charge in [-0.1, -0.05) is 19.1 Å². The van der Waals surface area contributed by atoms with Gasteiger partial charge in [-0.3, -0.25) is 9.69 Å². The first-order chi connectivity index (χ1) is 15.0. The molecule has 4 rings (SSSR count). The monoisotopic (exact) mass is 436 g/mol. The first kappa shape index (κ1) is 21.9. The molecule has 1 aromatic carbocycles. The summed E-state index contributed by atoms with van der Waals surface area (Å²) in [4.78, 5) is 18.7. The molecule has 31 heavy (non-hydrogen) atoms. The summed E-state index contributed by atoms with van der Waals surface area (Å²) < 4.78 is 0. The Hall–Kier alpha value is -2.36. The van der Waals surface area contributed by atoms with Crippen molar-refractivity contribution in [1.82, 2.24) is 4.90 Å². The number of carbonyl (C=O) groups excluding carboxylic acids is 1. The van der Waals surface area contributed by atoms with Crippen LogP contribution in [0.25, 0.3) is 0 Å². The maximum Gasteiger partial charge on any atom is 0.226 e. The number of nitrogens with one attached hydrogen (secondary N) is 1. The zero-order chi connectivity index (χ0) is 22.0. The van der Waals surface area contributed by atoms with E-state index in [0.717, 1.165) is 57.0 Å². The molecule has 0 radical (unpaired) electrons. The van der Waals surface area contributed by atoms with Crippen LogP contribution in [0.5, 0.6) is 0 Å². The number of piperazine rings is 1. The number of amides is 1. The van der Waals surface area contributed by atoms with Crippen molar-refractivity contribution in [2.24, 2.45) is 5.92 Å². The van der Waals surface area contributed by atoms with E-state index < -0.39 is 0 Å². The number of fused-ring (bicyclic) bond motifs is 1. The first-order valence-electron chi connectivity index (χ1n) is 11.3. The highest BCUT2D eigenvalue weighted by atomic mass is 32.1. The van der Waals surface area contributed by atoms with Gasteiger partial charge in [-0.2, -0.15) is 5.26 Å². The van der Waals surface area contributed by atoms with Crippen molar-refractivity contribution in [1.29, 1.82) is 5.26 Å². The summed E-state index contributed by atoms with van der Waals surface area (Å²) in [6.07, 6.45) is 3.57. The molecule has 6 heteroatoms. The van der Waals surface area contributed by atoms with Gasteiger partial charge >= 0.3 is 0 Å². The molecule has 5 nitrogen and oxygen atoms in total. The zero-order valence-electron chi connectivity index (χ0n) is 18.8. The van der Waals surface area contributed by atoms with Crippen LogP contribution in [-0.4, -0.2) is 43.5 Å². The van der Waals surface area contributed by atoms with E-state index >= 15 is 0 Å². The number of nitriles is 1. The molecule has 1 unspecified atom stereocenters. The van der Waals surface area contributed by atoms with Gasteiger partial charge in [0.1, 0.15) is 11.1 Å². The van der Waals surface area contributed by atoms with Gasteiger partial charge < -0.3 is 10.2 Å². The lowest BCUT2D eigenvalue weighted by Gasteiger charge is -2.37. The standard InChI is InChI=1S/C25H32N4OS/c1-17-7-8-20-21(16-26)25(31-23(20)15-17)27-24(30)9-10-28-11-13-29(14-12-28)22-6-4-5-18(2)19(22)3/h4-6,17H,7-15H2,1-3H3,(H,27,30). The molecular formula is C25H32N4OS. The molecule has 1 fully saturated rings. The number of thiophene rings is 1. The molecule has 2 aromatic rings. The minimum absolute atomic E-state index is 0.0140. The lowest BCUT2D eigenvalue weighted by molar-refractivity contribution is -0.116. The SMILES string of the molecule is Cc1cccc(N2CCN(CCC(=O)Nc3sc4c(c3C#N)CCC(C)C4)CC2)c1C. The fraction of sp³-hybridized carbons (Fsp3) is 0.520. The molecule has 1 N–H and O–H groups in total. The Labute approximate surface area is 189 Å². The Morgan fingerprint density at radius 3 is 2.77 bits per heavy atom. The van der Waals surface area contributed by atoms with Crippen molar-refractivity contribution in [3.63, 3.8) is 0 Å². The summed E-state index contributed by atoms with van der Waals surface area (Å²) in [5, 5.41) is 13.4. The van der Waals surface area contributed by atoms with E-state index in [1.807, 2.05) is 0 Å². The van der Waals surface area contributed by atoms with E-state index in [-0.39, 0.29) is 5.91 Å². The average Bonchev–Trinajstić information content (AvgIpc) is 3.10. The fourth-order valence-electron chi connectivity index (χ4n) is 4.70. The molecule has 2 aliphatic rings. The third kappa shape index (κ3) is 4.78. The quantitative estimate of drug-likeness (QED) is 0.749. The first-order valence-corrected chi connectivity index (χ1v) is 12.2. The van der Waals surface area contributed by atoms with Gasteiger partial charge in [-0.25, -0.2) is 0 Å². The molecule has 2 heterocycles. The van der Waals surface area contributed by atoms with E-state index in [2.05, 4.69) is 60.2 Å². The number of aryl methyl sites for hydroxylation is 1. The summed E-state index contributed by atoms with van der Waals surface area (Å²) in [5.74, 6) is 0.670.